The summed E-state index contributed by atoms with van der Waals surface area (Å²) >= 11 is 0. The van der Waals surface area contributed by atoms with E-state index in [4.69, 9.17) is 8.92 Å². The molecule has 0 fully saturated rings. The van der Waals surface area contributed by atoms with Gasteiger partial charge in [-0.05, 0) is 50.1 Å². The molecule has 1 unspecified atom stereocenters. The van der Waals surface area contributed by atoms with E-state index < -0.39 is 20.1 Å². The van der Waals surface area contributed by atoms with Crippen LogP contribution in [0.3, 0.4) is 0 Å². The Morgan fingerprint density at radius 1 is 1.00 bits per heavy atom. The van der Waals surface area contributed by atoms with Gasteiger partial charge in [-0.1, -0.05) is 31.2 Å². The maximum atomic E-state index is 13.8. The third kappa shape index (κ3) is 5.45. The van der Waals surface area contributed by atoms with E-state index in [2.05, 4.69) is 4.98 Å². The first-order valence-electron chi connectivity index (χ1n) is 10.6. The lowest BCUT2D eigenvalue weighted by atomic mass is 10.2. The van der Waals surface area contributed by atoms with E-state index >= 15 is 0 Å². The summed E-state index contributed by atoms with van der Waals surface area (Å²) in [6, 6.07) is 13.1. The molecule has 3 rings (SSSR count). The lowest BCUT2D eigenvalue weighted by molar-refractivity contribution is 0.322. The van der Waals surface area contributed by atoms with Gasteiger partial charge in [0.25, 0.3) is 0 Å². The van der Waals surface area contributed by atoms with E-state index in [9.17, 15) is 16.8 Å². The molecule has 0 saturated carbocycles. The highest BCUT2D eigenvalue weighted by Crippen LogP contribution is 2.32. The normalized spacial score (nSPS) is 13.2. The van der Waals surface area contributed by atoms with E-state index in [1.54, 1.807) is 36.5 Å². The molecule has 2 aromatic carbocycles. The molecule has 0 aliphatic carbocycles. The summed E-state index contributed by atoms with van der Waals surface area (Å²) in [6.07, 6.45) is 2.15. The molecular formula is C23H28N2O6S2. The summed E-state index contributed by atoms with van der Waals surface area (Å²) in [5.74, 6) is 0.0547. The van der Waals surface area contributed by atoms with Gasteiger partial charge in [-0.3, -0.25) is 4.98 Å². The summed E-state index contributed by atoms with van der Waals surface area (Å²) in [7, 11) is -6.31. The largest absolute Gasteiger partial charge is 0.493 e. The Hall–Kier alpha value is -2.69. The van der Waals surface area contributed by atoms with Crippen molar-refractivity contribution in [3.8, 4) is 11.5 Å². The number of pyridine rings is 1. The minimum atomic E-state index is -3.93. The van der Waals surface area contributed by atoms with Gasteiger partial charge in [-0.2, -0.15) is 12.7 Å². The summed E-state index contributed by atoms with van der Waals surface area (Å²) < 4.78 is 63.3. The molecule has 0 aliphatic rings. The molecule has 33 heavy (non-hydrogen) atoms. The summed E-state index contributed by atoms with van der Waals surface area (Å²) in [6.45, 7) is 5.23. The van der Waals surface area contributed by atoms with Gasteiger partial charge in [0.05, 0.1) is 18.4 Å². The third-order valence-corrected chi connectivity index (χ3v) is 8.53. The summed E-state index contributed by atoms with van der Waals surface area (Å²) in [5, 5.41) is 0.729. The van der Waals surface area contributed by atoms with Crippen LogP contribution in [0.5, 0.6) is 11.5 Å². The lowest BCUT2D eigenvalue weighted by Gasteiger charge is -2.28. The molecule has 8 nitrogen and oxygen atoms in total. The predicted octanol–water partition coefficient (Wildman–Crippen LogP) is 3.96. The van der Waals surface area contributed by atoms with Crippen LogP contribution in [0.1, 0.15) is 32.8 Å². The van der Waals surface area contributed by atoms with Crippen LogP contribution in [-0.2, 0) is 26.7 Å². The van der Waals surface area contributed by atoms with Gasteiger partial charge in [-0.15, -0.1) is 0 Å². The molecule has 0 radical (unpaired) electrons. The predicted molar refractivity (Wildman–Crippen MR) is 127 cm³/mol. The molecule has 0 spiro atoms. The Morgan fingerprint density at radius 3 is 2.39 bits per heavy atom. The van der Waals surface area contributed by atoms with Crippen molar-refractivity contribution >= 4 is 31.0 Å². The molecule has 1 aromatic heterocycles. The van der Waals surface area contributed by atoms with Gasteiger partial charge in [0.2, 0.25) is 10.0 Å². The van der Waals surface area contributed by atoms with Gasteiger partial charge < -0.3 is 8.92 Å². The van der Waals surface area contributed by atoms with Crippen LogP contribution in [0.4, 0.5) is 0 Å². The van der Waals surface area contributed by atoms with Crippen molar-refractivity contribution in [1.82, 2.24) is 9.29 Å². The van der Waals surface area contributed by atoms with Crippen molar-refractivity contribution < 1.29 is 25.8 Å². The average Bonchev–Trinajstić information content (AvgIpc) is 2.81. The van der Waals surface area contributed by atoms with E-state index in [1.165, 1.54) is 24.4 Å². The molecule has 1 heterocycles. The molecular weight excluding hydrogens is 464 g/mol. The minimum absolute atomic E-state index is 0.0187. The van der Waals surface area contributed by atoms with Crippen molar-refractivity contribution in [3.63, 3.8) is 0 Å². The van der Waals surface area contributed by atoms with Crippen molar-refractivity contribution in [3.05, 3.63) is 60.3 Å². The number of rotatable bonds is 10. The first-order valence-corrected chi connectivity index (χ1v) is 13.6. The zero-order valence-corrected chi connectivity index (χ0v) is 20.7. The Labute approximate surface area is 195 Å². The lowest BCUT2D eigenvalue weighted by Crippen LogP contribution is -2.38. The van der Waals surface area contributed by atoms with Crippen LogP contribution in [0.25, 0.3) is 10.9 Å². The highest BCUT2D eigenvalue weighted by molar-refractivity contribution is 7.89. The Balaban J connectivity index is 2.06. The standard InChI is InChI=1S/C23H28N2O6S2/c1-5-17(3)25(33(28,29)22-11-7-9-19-10-8-14-24-23(19)22)16-18-12-13-20(30-4)21(15-18)31-32(26,27)6-2/h7-15,17H,5-6,16H2,1-4H3. The first-order chi connectivity index (χ1) is 15.6. The van der Waals surface area contributed by atoms with Crippen LogP contribution in [0.15, 0.2) is 59.6 Å². The van der Waals surface area contributed by atoms with Gasteiger partial charge in [0.1, 0.15) is 4.90 Å². The molecule has 0 aliphatic heterocycles. The maximum absolute atomic E-state index is 13.8. The fourth-order valence-corrected chi connectivity index (χ4v) is 5.73. The number of nitrogens with zero attached hydrogens (tertiary/aromatic N) is 2. The molecule has 0 N–H and O–H groups in total. The number of sulfonamides is 1. The second-order valence-electron chi connectivity index (χ2n) is 7.55. The molecule has 10 heteroatoms. The number of hydrogen-bond acceptors (Lipinski definition) is 7. The van der Waals surface area contributed by atoms with Gasteiger partial charge in [0.15, 0.2) is 11.5 Å². The maximum Gasteiger partial charge on any atom is 0.309 e. The van der Waals surface area contributed by atoms with Crippen LogP contribution in [-0.4, -0.2) is 45.0 Å². The zero-order chi connectivity index (χ0) is 24.2. The van der Waals surface area contributed by atoms with Gasteiger partial charge >= 0.3 is 10.1 Å². The number of benzene rings is 2. The fourth-order valence-electron chi connectivity index (χ4n) is 3.35. The molecule has 3 aromatic rings. The smallest absolute Gasteiger partial charge is 0.309 e. The van der Waals surface area contributed by atoms with E-state index in [0.29, 0.717) is 17.5 Å². The first kappa shape index (κ1) is 24.9. The number of methoxy groups -OCH3 is 1. The third-order valence-electron chi connectivity index (χ3n) is 5.40. The van der Waals surface area contributed by atoms with Crippen LogP contribution < -0.4 is 8.92 Å². The van der Waals surface area contributed by atoms with Crippen molar-refractivity contribution in [2.24, 2.45) is 0 Å². The molecule has 0 amide bonds. The number of ether oxygens (including phenoxy) is 1. The van der Waals surface area contributed by atoms with E-state index in [-0.39, 0.29) is 34.7 Å². The molecule has 1 atom stereocenters. The topological polar surface area (TPSA) is 103 Å². The Kier molecular flexibility index (Phi) is 7.61. The Bertz CT molecular complexity index is 1330. The Morgan fingerprint density at radius 2 is 1.73 bits per heavy atom. The molecule has 178 valence electrons. The number of fused-ring (bicyclic) bond motifs is 1. The van der Waals surface area contributed by atoms with Gasteiger partial charge in [0, 0.05) is 24.2 Å². The summed E-state index contributed by atoms with van der Waals surface area (Å²) in [4.78, 5) is 4.42. The average molecular weight is 493 g/mol. The fraction of sp³-hybridized carbons (Fsp3) is 0.348. The number of para-hydroxylation sites is 1. The van der Waals surface area contributed by atoms with E-state index in [0.717, 1.165) is 5.39 Å². The quantitative estimate of drug-likeness (QED) is 0.395. The summed E-state index contributed by atoms with van der Waals surface area (Å²) in [5.41, 5.74) is 0.968. The monoisotopic (exact) mass is 492 g/mol. The van der Waals surface area contributed by atoms with Crippen LogP contribution >= 0.6 is 0 Å². The van der Waals surface area contributed by atoms with Crippen LogP contribution in [0, 0.1) is 0 Å². The zero-order valence-electron chi connectivity index (χ0n) is 19.1. The second-order valence-corrected chi connectivity index (χ2v) is 11.3. The highest BCUT2D eigenvalue weighted by Gasteiger charge is 2.30. The van der Waals surface area contributed by atoms with E-state index in [1.807, 2.05) is 26.0 Å². The molecule has 0 bridgehead atoms. The second kappa shape index (κ2) is 10.1. The van der Waals surface area contributed by atoms with Gasteiger partial charge in [-0.25, -0.2) is 8.42 Å². The number of hydrogen-bond donors (Lipinski definition) is 0. The molecule has 0 saturated heterocycles. The van der Waals surface area contributed by atoms with Crippen molar-refractivity contribution in [2.75, 3.05) is 12.9 Å². The highest BCUT2D eigenvalue weighted by atomic mass is 32.2. The SMILES string of the molecule is CCC(C)N(Cc1ccc(OC)c(OS(=O)(=O)CC)c1)S(=O)(=O)c1cccc2cccnc12. The number of aromatic nitrogens is 1. The van der Waals surface area contributed by atoms with Crippen LogP contribution in [0.2, 0.25) is 0 Å². The minimum Gasteiger partial charge on any atom is -0.493 e. The van der Waals surface area contributed by atoms with Crippen molar-refractivity contribution in [2.45, 2.75) is 44.7 Å². The van der Waals surface area contributed by atoms with Crippen molar-refractivity contribution in [1.29, 1.82) is 0 Å².